The summed E-state index contributed by atoms with van der Waals surface area (Å²) in [5.41, 5.74) is 1.63. The van der Waals surface area contributed by atoms with Crippen LogP contribution in [0.5, 0.6) is 0 Å². The van der Waals surface area contributed by atoms with Crippen LogP contribution in [0.1, 0.15) is 35.7 Å². The van der Waals surface area contributed by atoms with Gasteiger partial charge in [-0.15, -0.1) is 11.8 Å². The van der Waals surface area contributed by atoms with Gasteiger partial charge in [-0.05, 0) is 43.5 Å². The van der Waals surface area contributed by atoms with E-state index in [0.717, 1.165) is 29.8 Å². The second-order valence-electron chi connectivity index (χ2n) is 5.91. The third-order valence-corrected chi connectivity index (χ3v) is 6.22. The van der Waals surface area contributed by atoms with Crippen LogP contribution in [-0.4, -0.2) is 28.4 Å². The molecule has 0 spiro atoms. The number of rotatable bonds is 4. The van der Waals surface area contributed by atoms with Crippen LogP contribution in [-0.2, 0) is 5.75 Å². The Morgan fingerprint density at radius 1 is 1.33 bits per heavy atom. The molecule has 0 radical (unpaired) electrons. The minimum atomic E-state index is 0.0649. The largest absolute Gasteiger partial charge is 0.336 e. The first-order valence-corrected chi connectivity index (χ1v) is 9.62. The van der Waals surface area contributed by atoms with Crippen molar-refractivity contribution in [2.75, 3.05) is 6.54 Å². The van der Waals surface area contributed by atoms with Crippen LogP contribution in [0.15, 0.2) is 41.6 Å². The number of pyridine rings is 1. The van der Waals surface area contributed by atoms with Gasteiger partial charge in [-0.2, -0.15) is 0 Å². The zero-order chi connectivity index (χ0) is 17.1. The van der Waals surface area contributed by atoms with Crippen molar-refractivity contribution in [3.63, 3.8) is 0 Å². The van der Waals surface area contributed by atoms with Crippen LogP contribution in [0.3, 0.4) is 0 Å². The molecule has 3 rings (SSSR count). The van der Waals surface area contributed by atoms with Gasteiger partial charge in [-0.25, -0.2) is 0 Å². The van der Waals surface area contributed by atoms with Gasteiger partial charge in [0.15, 0.2) is 0 Å². The lowest BCUT2D eigenvalue weighted by Crippen LogP contribution is -2.33. The molecule has 0 saturated carbocycles. The van der Waals surface area contributed by atoms with E-state index in [-0.39, 0.29) is 5.91 Å². The Kier molecular flexibility index (Phi) is 5.69. The quantitative estimate of drug-likeness (QED) is 0.674. The summed E-state index contributed by atoms with van der Waals surface area (Å²) in [6.07, 6.45) is 5.56. The van der Waals surface area contributed by atoms with E-state index in [1.54, 1.807) is 24.2 Å². The highest BCUT2D eigenvalue weighted by molar-refractivity contribution is 7.98. The average molecular weight is 381 g/mol. The molecule has 1 unspecified atom stereocenters. The second kappa shape index (κ2) is 7.77. The molecule has 1 aromatic carbocycles. The van der Waals surface area contributed by atoms with Crippen LogP contribution in [0, 0.1) is 0 Å². The molecule has 3 nitrogen and oxygen atoms in total. The number of halogens is 2. The van der Waals surface area contributed by atoms with E-state index in [4.69, 9.17) is 23.2 Å². The molecular weight excluding hydrogens is 363 g/mol. The van der Waals surface area contributed by atoms with Gasteiger partial charge >= 0.3 is 0 Å². The normalized spacial score (nSPS) is 17.3. The molecule has 0 aliphatic carbocycles. The lowest BCUT2D eigenvalue weighted by atomic mass is 10.2. The number of carbonyl (C=O) groups is 1. The highest BCUT2D eigenvalue weighted by atomic mass is 35.5. The molecule has 1 fully saturated rings. The van der Waals surface area contributed by atoms with Crippen molar-refractivity contribution < 1.29 is 4.79 Å². The van der Waals surface area contributed by atoms with Crippen LogP contribution in [0.4, 0.5) is 0 Å². The second-order valence-corrected chi connectivity index (χ2v) is 7.71. The van der Waals surface area contributed by atoms with Crippen molar-refractivity contribution in [2.45, 2.75) is 36.5 Å². The SMILES string of the molecule is CC1CCCN1C(=O)c1cncc(CSc2c(Cl)cccc2Cl)c1. The van der Waals surface area contributed by atoms with E-state index >= 15 is 0 Å². The smallest absolute Gasteiger partial charge is 0.255 e. The maximum Gasteiger partial charge on any atom is 0.255 e. The van der Waals surface area contributed by atoms with Crippen molar-refractivity contribution in [3.05, 3.63) is 57.8 Å². The standard InChI is InChI=1S/C18H18Cl2N2OS/c1-12-4-3-7-22(12)18(23)14-8-13(9-21-10-14)11-24-17-15(19)5-2-6-16(17)20/h2,5-6,8-10,12H,3-4,7,11H2,1H3. The lowest BCUT2D eigenvalue weighted by Gasteiger charge is -2.21. The Hall–Kier alpha value is -1.23. The number of hydrogen-bond acceptors (Lipinski definition) is 3. The van der Waals surface area contributed by atoms with Crippen LogP contribution in [0.2, 0.25) is 10.0 Å². The molecule has 0 N–H and O–H groups in total. The molecule has 1 aromatic heterocycles. The lowest BCUT2D eigenvalue weighted by molar-refractivity contribution is 0.0747. The highest BCUT2D eigenvalue weighted by Gasteiger charge is 2.26. The number of thioether (sulfide) groups is 1. The molecular formula is C18H18Cl2N2OS. The van der Waals surface area contributed by atoms with Crippen LogP contribution in [0.25, 0.3) is 0 Å². The van der Waals surface area contributed by atoms with Crippen LogP contribution < -0.4 is 0 Å². The summed E-state index contributed by atoms with van der Waals surface area (Å²) in [6.45, 7) is 2.92. The minimum Gasteiger partial charge on any atom is -0.336 e. The summed E-state index contributed by atoms with van der Waals surface area (Å²) in [7, 11) is 0. The van der Waals surface area contributed by atoms with Gasteiger partial charge in [-0.3, -0.25) is 9.78 Å². The maximum absolute atomic E-state index is 12.6. The van der Waals surface area contributed by atoms with Gasteiger partial charge in [-0.1, -0.05) is 29.3 Å². The number of amides is 1. The number of hydrogen-bond donors (Lipinski definition) is 0. The highest BCUT2D eigenvalue weighted by Crippen LogP contribution is 2.35. The number of likely N-dealkylation sites (tertiary alicyclic amines) is 1. The van der Waals surface area contributed by atoms with Crippen molar-refractivity contribution in [2.24, 2.45) is 0 Å². The van der Waals surface area contributed by atoms with Gasteiger partial charge < -0.3 is 4.90 Å². The first-order chi connectivity index (χ1) is 11.6. The van der Waals surface area contributed by atoms with Crippen molar-refractivity contribution in [3.8, 4) is 0 Å². The monoisotopic (exact) mass is 380 g/mol. The van der Waals surface area contributed by atoms with E-state index < -0.39 is 0 Å². The molecule has 1 amide bonds. The fourth-order valence-electron chi connectivity index (χ4n) is 2.86. The Labute approximate surface area is 156 Å². The first kappa shape index (κ1) is 17.6. The summed E-state index contributed by atoms with van der Waals surface area (Å²) in [5.74, 6) is 0.725. The number of benzene rings is 1. The van der Waals surface area contributed by atoms with Gasteiger partial charge in [0, 0.05) is 35.6 Å². The summed E-state index contributed by atoms with van der Waals surface area (Å²) in [6, 6.07) is 7.69. The maximum atomic E-state index is 12.6. The van der Waals surface area contributed by atoms with E-state index in [2.05, 4.69) is 11.9 Å². The van der Waals surface area contributed by atoms with E-state index in [0.29, 0.717) is 27.4 Å². The number of carbonyl (C=O) groups excluding carboxylic acids is 1. The summed E-state index contributed by atoms with van der Waals surface area (Å²) in [5, 5.41) is 1.28. The Balaban J connectivity index is 1.73. The fourth-order valence-corrected chi connectivity index (χ4v) is 4.47. The third kappa shape index (κ3) is 3.88. The van der Waals surface area contributed by atoms with Gasteiger partial charge in [0.25, 0.3) is 5.91 Å². The van der Waals surface area contributed by atoms with E-state index in [9.17, 15) is 4.79 Å². The van der Waals surface area contributed by atoms with Crippen molar-refractivity contribution in [1.82, 2.24) is 9.88 Å². The predicted octanol–water partition coefficient (Wildman–Crippen LogP) is 5.31. The predicted molar refractivity (Wildman–Crippen MR) is 100.0 cm³/mol. The zero-order valence-electron chi connectivity index (χ0n) is 13.3. The molecule has 1 aliphatic heterocycles. The zero-order valence-corrected chi connectivity index (χ0v) is 15.7. The number of nitrogens with zero attached hydrogens (tertiary/aromatic N) is 2. The summed E-state index contributed by atoms with van der Waals surface area (Å²) < 4.78 is 0. The average Bonchev–Trinajstić information content (AvgIpc) is 3.00. The van der Waals surface area contributed by atoms with Gasteiger partial charge in [0.2, 0.25) is 0 Å². The van der Waals surface area contributed by atoms with E-state index in [1.807, 2.05) is 29.2 Å². The molecule has 1 saturated heterocycles. The summed E-state index contributed by atoms with van der Waals surface area (Å²) in [4.78, 5) is 19.6. The fraction of sp³-hybridized carbons (Fsp3) is 0.333. The minimum absolute atomic E-state index is 0.0649. The molecule has 1 aliphatic rings. The Morgan fingerprint density at radius 2 is 2.08 bits per heavy atom. The molecule has 1 atom stereocenters. The number of aromatic nitrogens is 1. The van der Waals surface area contributed by atoms with Gasteiger partial charge in [0.05, 0.1) is 15.6 Å². The van der Waals surface area contributed by atoms with Crippen molar-refractivity contribution >= 4 is 40.9 Å². The molecule has 6 heteroatoms. The topological polar surface area (TPSA) is 33.2 Å². The molecule has 126 valence electrons. The van der Waals surface area contributed by atoms with Crippen molar-refractivity contribution in [1.29, 1.82) is 0 Å². The summed E-state index contributed by atoms with van der Waals surface area (Å²) >= 11 is 13.9. The molecule has 24 heavy (non-hydrogen) atoms. The molecule has 0 bridgehead atoms. The molecule has 2 aromatic rings. The third-order valence-electron chi connectivity index (χ3n) is 4.16. The van der Waals surface area contributed by atoms with Gasteiger partial charge in [0.1, 0.15) is 0 Å². The first-order valence-electron chi connectivity index (χ1n) is 7.88. The Bertz CT molecular complexity index is 733. The van der Waals surface area contributed by atoms with Crippen LogP contribution >= 0.6 is 35.0 Å². The van der Waals surface area contributed by atoms with E-state index in [1.165, 1.54) is 0 Å². The Morgan fingerprint density at radius 3 is 2.75 bits per heavy atom. The molecule has 2 heterocycles.